The first-order chi connectivity index (χ1) is 7.27. The van der Waals surface area contributed by atoms with Crippen molar-refractivity contribution in [3.05, 3.63) is 0 Å². The van der Waals surface area contributed by atoms with Gasteiger partial charge in [-0.3, -0.25) is 4.79 Å². The number of hydrogen-bond donors (Lipinski definition) is 2. The van der Waals surface area contributed by atoms with E-state index in [9.17, 15) is 9.90 Å². The Bertz CT molecular complexity index is 218. The number of nitrogens with one attached hydrogen (secondary N) is 1. The Labute approximate surface area is 91.2 Å². The summed E-state index contributed by atoms with van der Waals surface area (Å²) in [5.41, 5.74) is 0. The van der Waals surface area contributed by atoms with Crippen molar-refractivity contribution in [2.45, 2.75) is 63.5 Å². The first-order valence-electron chi connectivity index (χ1n) is 6.26. The fourth-order valence-electron chi connectivity index (χ4n) is 2.56. The van der Waals surface area contributed by atoms with E-state index in [1.165, 1.54) is 25.7 Å². The van der Waals surface area contributed by atoms with Gasteiger partial charge in [0, 0.05) is 6.04 Å². The van der Waals surface area contributed by atoms with E-state index in [0.717, 1.165) is 25.7 Å². The zero-order chi connectivity index (χ0) is 10.7. The molecule has 0 aromatic carbocycles. The molecule has 2 fully saturated rings. The van der Waals surface area contributed by atoms with Crippen LogP contribution in [0.3, 0.4) is 0 Å². The molecule has 2 aliphatic rings. The van der Waals surface area contributed by atoms with E-state index in [2.05, 4.69) is 5.32 Å². The van der Waals surface area contributed by atoms with Crippen molar-refractivity contribution in [1.29, 1.82) is 0 Å². The van der Waals surface area contributed by atoms with E-state index >= 15 is 0 Å². The highest BCUT2D eigenvalue weighted by Gasteiger charge is 2.33. The molecule has 0 aromatic rings. The smallest absolute Gasteiger partial charge is 0.320 e. The monoisotopic (exact) mass is 211 g/mol. The highest BCUT2D eigenvalue weighted by atomic mass is 16.4. The third-order valence-electron chi connectivity index (χ3n) is 3.63. The molecule has 0 heterocycles. The van der Waals surface area contributed by atoms with Gasteiger partial charge in [-0.05, 0) is 31.6 Å². The molecule has 2 saturated carbocycles. The third-order valence-corrected chi connectivity index (χ3v) is 3.63. The summed E-state index contributed by atoms with van der Waals surface area (Å²) in [4.78, 5) is 11.2. The van der Waals surface area contributed by atoms with Crippen LogP contribution >= 0.6 is 0 Å². The zero-order valence-electron chi connectivity index (χ0n) is 9.24. The summed E-state index contributed by atoms with van der Waals surface area (Å²) in [6.07, 6.45) is 9.50. The molecule has 0 radical (unpaired) electrons. The lowest BCUT2D eigenvalue weighted by Crippen LogP contribution is -2.43. The van der Waals surface area contributed by atoms with E-state index < -0.39 is 5.97 Å². The molecule has 15 heavy (non-hydrogen) atoms. The summed E-state index contributed by atoms with van der Waals surface area (Å²) in [7, 11) is 0. The van der Waals surface area contributed by atoms with E-state index in [1.54, 1.807) is 0 Å². The Balaban J connectivity index is 1.91. The number of carboxylic acids is 1. The van der Waals surface area contributed by atoms with Crippen LogP contribution in [-0.2, 0) is 4.79 Å². The van der Waals surface area contributed by atoms with Crippen LogP contribution in [0.1, 0.15) is 51.4 Å². The lowest BCUT2D eigenvalue weighted by Gasteiger charge is -2.23. The zero-order valence-corrected chi connectivity index (χ0v) is 9.24. The molecule has 1 atom stereocenters. The SMILES string of the molecule is O=C(O)C(NC1CC1)C1CCCCCC1. The van der Waals surface area contributed by atoms with E-state index in [4.69, 9.17) is 0 Å². The van der Waals surface area contributed by atoms with Gasteiger partial charge >= 0.3 is 5.97 Å². The Morgan fingerprint density at radius 3 is 2.13 bits per heavy atom. The van der Waals surface area contributed by atoms with Gasteiger partial charge in [0.15, 0.2) is 0 Å². The summed E-state index contributed by atoms with van der Waals surface area (Å²) >= 11 is 0. The summed E-state index contributed by atoms with van der Waals surface area (Å²) in [6.45, 7) is 0. The molecule has 0 spiro atoms. The summed E-state index contributed by atoms with van der Waals surface area (Å²) < 4.78 is 0. The quantitative estimate of drug-likeness (QED) is 0.701. The Hall–Kier alpha value is -0.570. The Morgan fingerprint density at radius 1 is 1.07 bits per heavy atom. The minimum absolute atomic E-state index is 0.282. The first-order valence-corrected chi connectivity index (χ1v) is 6.26. The van der Waals surface area contributed by atoms with E-state index in [1.807, 2.05) is 0 Å². The fraction of sp³-hybridized carbons (Fsp3) is 0.917. The number of aliphatic carboxylic acids is 1. The van der Waals surface area contributed by atoms with Crippen LogP contribution in [0.5, 0.6) is 0 Å². The average Bonchev–Trinajstić information content (AvgIpc) is 3.02. The molecule has 86 valence electrons. The summed E-state index contributed by atoms with van der Waals surface area (Å²) in [5, 5.41) is 12.5. The van der Waals surface area contributed by atoms with Crippen molar-refractivity contribution in [3.8, 4) is 0 Å². The lowest BCUT2D eigenvalue weighted by atomic mass is 9.92. The van der Waals surface area contributed by atoms with Gasteiger partial charge in [-0.25, -0.2) is 0 Å². The van der Waals surface area contributed by atoms with Crippen molar-refractivity contribution in [2.24, 2.45) is 5.92 Å². The van der Waals surface area contributed by atoms with Crippen LogP contribution in [0.4, 0.5) is 0 Å². The van der Waals surface area contributed by atoms with Crippen molar-refractivity contribution in [2.75, 3.05) is 0 Å². The number of carboxylic acid groups (broad SMARTS) is 1. The van der Waals surface area contributed by atoms with Crippen LogP contribution < -0.4 is 5.32 Å². The standard InChI is InChI=1S/C12H21NO2/c14-12(15)11(13-10-7-8-10)9-5-3-1-2-4-6-9/h9-11,13H,1-8H2,(H,14,15). The minimum Gasteiger partial charge on any atom is -0.480 e. The second-order valence-corrected chi connectivity index (χ2v) is 5.01. The molecule has 0 aliphatic heterocycles. The molecule has 2 N–H and O–H groups in total. The van der Waals surface area contributed by atoms with E-state index in [0.29, 0.717) is 12.0 Å². The van der Waals surface area contributed by atoms with Gasteiger partial charge in [0.25, 0.3) is 0 Å². The highest BCUT2D eigenvalue weighted by molar-refractivity contribution is 5.74. The van der Waals surface area contributed by atoms with Crippen LogP contribution in [-0.4, -0.2) is 23.2 Å². The lowest BCUT2D eigenvalue weighted by molar-refractivity contribution is -0.141. The third kappa shape index (κ3) is 3.20. The molecule has 2 aliphatic carbocycles. The maximum Gasteiger partial charge on any atom is 0.320 e. The first kappa shape index (κ1) is 10.9. The van der Waals surface area contributed by atoms with Crippen LogP contribution in [0.15, 0.2) is 0 Å². The van der Waals surface area contributed by atoms with Gasteiger partial charge < -0.3 is 10.4 Å². The van der Waals surface area contributed by atoms with Crippen molar-refractivity contribution < 1.29 is 9.90 Å². The number of carbonyl (C=O) groups is 1. The molecular formula is C12H21NO2. The molecule has 2 rings (SSSR count). The molecule has 0 amide bonds. The maximum atomic E-state index is 11.2. The van der Waals surface area contributed by atoms with Gasteiger partial charge in [-0.2, -0.15) is 0 Å². The molecule has 3 nitrogen and oxygen atoms in total. The number of hydrogen-bond acceptors (Lipinski definition) is 2. The van der Waals surface area contributed by atoms with Gasteiger partial charge in [-0.1, -0.05) is 25.7 Å². The van der Waals surface area contributed by atoms with Gasteiger partial charge in [0.1, 0.15) is 6.04 Å². The summed E-state index contributed by atoms with van der Waals surface area (Å²) in [6, 6.07) is 0.213. The van der Waals surface area contributed by atoms with E-state index in [-0.39, 0.29) is 6.04 Å². The number of rotatable bonds is 4. The minimum atomic E-state index is -0.645. The van der Waals surface area contributed by atoms with Crippen LogP contribution in [0.2, 0.25) is 0 Å². The molecular weight excluding hydrogens is 190 g/mol. The predicted octanol–water partition coefficient (Wildman–Crippen LogP) is 2.16. The van der Waals surface area contributed by atoms with Gasteiger partial charge in [0.05, 0.1) is 0 Å². The maximum absolute atomic E-state index is 11.2. The van der Waals surface area contributed by atoms with Gasteiger partial charge in [0.2, 0.25) is 0 Å². The largest absolute Gasteiger partial charge is 0.480 e. The van der Waals surface area contributed by atoms with Crippen LogP contribution in [0, 0.1) is 5.92 Å². The van der Waals surface area contributed by atoms with Gasteiger partial charge in [-0.15, -0.1) is 0 Å². The van der Waals surface area contributed by atoms with Crippen molar-refractivity contribution >= 4 is 5.97 Å². The normalized spacial score (nSPS) is 25.9. The molecule has 1 unspecified atom stereocenters. The second kappa shape index (κ2) is 4.97. The molecule has 0 aromatic heterocycles. The average molecular weight is 211 g/mol. The highest BCUT2D eigenvalue weighted by Crippen LogP contribution is 2.28. The molecule has 0 saturated heterocycles. The summed E-state index contributed by atoms with van der Waals surface area (Å²) in [5.74, 6) is -0.278. The molecule has 0 bridgehead atoms. The predicted molar refractivity (Wildman–Crippen MR) is 58.8 cm³/mol. The fourth-order valence-corrected chi connectivity index (χ4v) is 2.56. The second-order valence-electron chi connectivity index (χ2n) is 5.01. The Morgan fingerprint density at radius 2 is 1.67 bits per heavy atom. The Kier molecular flexibility index (Phi) is 3.62. The van der Waals surface area contributed by atoms with Crippen molar-refractivity contribution in [1.82, 2.24) is 5.32 Å². The van der Waals surface area contributed by atoms with Crippen LogP contribution in [0.25, 0.3) is 0 Å². The topological polar surface area (TPSA) is 49.3 Å². The van der Waals surface area contributed by atoms with Crippen molar-refractivity contribution in [3.63, 3.8) is 0 Å². The molecule has 3 heteroatoms.